The van der Waals surface area contributed by atoms with Gasteiger partial charge in [0.2, 0.25) is 5.91 Å². The third-order valence-corrected chi connectivity index (χ3v) is 6.05. The van der Waals surface area contributed by atoms with E-state index in [1.807, 2.05) is 23.6 Å². The smallest absolute Gasteiger partial charge is 0.340 e. The van der Waals surface area contributed by atoms with Gasteiger partial charge in [0, 0.05) is 12.4 Å². The lowest BCUT2D eigenvalue weighted by Crippen LogP contribution is -2.17. The molecule has 0 radical (unpaired) electrons. The first-order chi connectivity index (χ1) is 14.7. The number of thioether (sulfide) groups is 1. The second kappa shape index (κ2) is 9.10. The molecule has 0 aliphatic heterocycles. The number of para-hydroxylation sites is 1. The van der Waals surface area contributed by atoms with Crippen LogP contribution in [0.15, 0.2) is 65.3 Å². The minimum Gasteiger partial charge on any atom is -0.462 e. The van der Waals surface area contributed by atoms with E-state index in [0.717, 1.165) is 16.1 Å². The number of carbonyl (C=O) groups excluding carboxylic acids is 2. The normalized spacial score (nSPS) is 10.8. The molecule has 0 spiro atoms. The highest BCUT2D eigenvalue weighted by atomic mass is 32.2. The van der Waals surface area contributed by atoms with Crippen molar-refractivity contribution in [2.24, 2.45) is 0 Å². The number of hydrogen-bond acceptors (Lipinski definition) is 7. The van der Waals surface area contributed by atoms with Crippen LogP contribution < -0.4 is 5.32 Å². The van der Waals surface area contributed by atoms with E-state index in [0.29, 0.717) is 16.3 Å². The molecule has 0 saturated heterocycles. The Bertz CT molecular complexity index is 1190. The van der Waals surface area contributed by atoms with Crippen molar-refractivity contribution in [3.63, 3.8) is 0 Å². The molecule has 1 N–H and O–H groups in total. The molecular weight excluding hydrogens is 420 g/mol. The zero-order valence-electron chi connectivity index (χ0n) is 16.1. The average molecular weight is 439 g/mol. The van der Waals surface area contributed by atoms with Gasteiger partial charge in [0.1, 0.15) is 10.7 Å². The molecule has 0 unspecified atom stereocenters. The fourth-order valence-corrected chi connectivity index (χ4v) is 4.31. The van der Waals surface area contributed by atoms with Crippen LogP contribution in [0.25, 0.3) is 16.1 Å². The summed E-state index contributed by atoms with van der Waals surface area (Å²) >= 11 is 2.93. The van der Waals surface area contributed by atoms with Gasteiger partial charge in [-0.15, -0.1) is 11.3 Å². The number of hydrogen-bond donors (Lipinski definition) is 1. The van der Waals surface area contributed by atoms with Crippen molar-refractivity contribution in [2.45, 2.75) is 11.9 Å². The Labute approximate surface area is 181 Å². The van der Waals surface area contributed by atoms with Gasteiger partial charge < -0.3 is 10.1 Å². The zero-order valence-corrected chi connectivity index (χ0v) is 17.7. The number of nitrogens with one attached hydrogen (secondary N) is 1. The molecule has 152 valence electrons. The maximum Gasteiger partial charge on any atom is 0.340 e. The third-order valence-electron chi connectivity index (χ3n) is 4.16. The highest BCUT2D eigenvalue weighted by Gasteiger charge is 2.15. The summed E-state index contributed by atoms with van der Waals surface area (Å²) in [5.41, 5.74) is 2.46. The molecule has 0 saturated carbocycles. The maximum absolute atomic E-state index is 12.5. The summed E-state index contributed by atoms with van der Waals surface area (Å²) in [5, 5.41) is 10.1. The average Bonchev–Trinajstić information content (AvgIpc) is 3.42. The van der Waals surface area contributed by atoms with Crippen molar-refractivity contribution in [1.29, 1.82) is 0 Å². The van der Waals surface area contributed by atoms with E-state index in [-0.39, 0.29) is 18.3 Å². The van der Waals surface area contributed by atoms with E-state index < -0.39 is 5.97 Å². The van der Waals surface area contributed by atoms with Gasteiger partial charge in [0.25, 0.3) is 0 Å². The second-order valence-electron chi connectivity index (χ2n) is 6.17. The van der Waals surface area contributed by atoms with Crippen LogP contribution in [0.5, 0.6) is 0 Å². The Morgan fingerprint density at radius 3 is 2.90 bits per heavy atom. The number of fused-ring (bicyclic) bond motifs is 1. The largest absolute Gasteiger partial charge is 0.462 e. The minimum atomic E-state index is -0.465. The van der Waals surface area contributed by atoms with E-state index in [9.17, 15) is 9.59 Å². The standard InChI is InChI=1S/C21H18N4O3S2/c1-2-28-21(27)14-6-3-4-7-15(14)23-19(26)13-30-20-17-12-16(18-8-5-11-29-18)24-25(17)10-9-22-20/h3-12H,2,13H2,1H3,(H,23,26). The van der Waals surface area contributed by atoms with Crippen molar-refractivity contribution in [1.82, 2.24) is 14.6 Å². The fraction of sp³-hybridized carbons (Fsp3) is 0.143. The molecule has 4 aromatic rings. The van der Waals surface area contributed by atoms with Crippen molar-refractivity contribution >= 4 is 46.2 Å². The molecule has 0 fully saturated rings. The number of rotatable bonds is 7. The van der Waals surface area contributed by atoms with Crippen LogP contribution >= 0.6 is 23.1 Å². The van der Waals surface area contributed by atoms with Crippen molar-refractivity contribution < 1.29 is 14.3 Å². The number of thiophene rings is 1. The summed E-state index contributed by atoms with van der Waals surface area (Å²) in [4.78, 5) is 30.1. The summed E-state index contributed by atoms with van der Waals surface area (Å²) in [6, 6.07) is 12.8. The Morgan fingerprint density at radius 2 is 2.10 bits per heavy atom. The number of amides is 1. The molecule has 1 amide bonds. The van der Waals surface area contributed by atoms with Crippen LogP contribution in [0.1, 0.15) is 17.3 Å². The number of ether oxygens (including phenoxy) is 1. The molecule has 1 aromatic carbocycles. The van der Waals surface area contributed by atoms with Crippen LogP contribution in [0.3, 0.4) is 0 Å². The van der Waals surface area contributed by atoms with E-state index in [1.54, 1.807) is 59.4 Å². The summed E-state index contributed by atoms with van der Waals surface area (Å²) in [6.07, 6.45) is 3.45. The summed E-state index contributed by atoms with van der Waals surface area (Å²) < 4.78 is 6.81. The van der Waals surface area contributed by atoms with Crippen LogP contribution in [0, 0.1) is 0 Å². The van der Waals surface area contributed by atoms with Gasteiger partial charge in [-0.05, 0) is 36.6 Å². The van der Waals surface area contributed by atoms with Gasteiger partial charge in [-0.2, -0.15) is 5.10 Å². The van der Waals surface area contributed by atoms with Crippen molar-refractivity contribution in [3.05, 3.63) is 65.8 Å². The molecule has 0 atom stereocenters. The van der Waals surface area contributed by atoms with E-state index in [1.165, 1.54) is 11.8 Å². The predicted molar refractivity (Wildman–Crippen MR) is 118 cm³/mol. The first kappa shape index (κ1) is 20.1. The van der Waals surface area contributed by atoms with Gasteiger partial charge in [-0.1, -0.05) is 30.0 Å². The number of anilines is 1. The van der Waals surface area contributed by atoms with Gasteiger partial charge >= 0.3 is 5.97 Å². The fourth-order valence-electron chi connectivity index (χ4n) is 2.85. The lowest BCUT2D eigenvalue weighted by molar-refractivity contribution is -0.113. The molecule has 4 rings (SSSR count). The van der Waals surface area contributed by atoms with Gasteiger partial charge in [-0.3, -0.25) is 4.79 Å². The Hall–Kier alpha value is -3.17. The first-order valence-electron chi connectivity index (χ1n) is 9.22. The lowest BCUT2D eigenvalue weighted by atomic mass is 10.2. The minimum absolute atomic E-state index is 0.142. The number of esters is 1. The van der Waals surface area contributed by atoms with Crippen molar-refractivity contribution in [3.8, 4) is 10.6 Å². The lowest BCUT2D eigenvalue weighted by Gasteiger charge is -2.10. The van der Waals surface area contributed by atoms with Crippen LogP contribution in [0.2, 0.25) is 0 Å². The summed E-state index contributed by atoms with van der Waals surface area (Å²) in [7, 11) is 0. The highest BCUT2D eigenvalue weighted by molar-refractivity contribution is 8.00. The van der Waals surface area contributed by atoms with Crippen LogP contribution in [0.4, 0.5) is 5.69 Å². The van der Waals surface area contributed by atoms with Gasteiger partial charge in [0.15, 0.2) is 0 Å². The van der Waals surface area contributed by atoms with Crippen molar-refractivity contribution in [2.75, 3.05) is 17.7 Å². The maximum atomic E-state index is 12.5. The number of carbonyl (C=O) groups is 2. The molecule has 30 heavy (non-hydrogen) atoms. The zero-order chi connectivity index (χ0) is 20.9. The Balaban J connectivity index is 1.47. The number of nitrogens with zero attached hydrogens (tertiary/aromatic N) is 3. The summed E-state index contributed by atoms with van der Waals surface area (Å²) in [5.74, 6) is -0.560. The topological polar surface area (TPSA) is 85.6 Å². The molecule has 9 heteroatoms. The van der Waals surface area contributed by atoms with E-state index in [2.05, 4.69) is 15.4 Å². The quantitative estimate of drug-likeness (QED) is 0.341. The third kappa shape index (κ3) is 4.37. The predicted octanol–water partition coefficient (Wildman–Crippen LogP) is 4.37. The molecule has 3 aromatic heterocycles. The number of aromatic nitrogens is 3. The Morgan fingerprint density at radius 1 is 1.23 bits per heavy atom. The van der Waals surface area contributed by atoms with Gasteiger partial charge in [0.05, 0.1) is 34.0 Å². The van der Waals surface area contributed by atoms with Crippen LogP contribution in [-0.2, 0) is 9.53 Å². The second-order valence-corrected chi connectivity index (χ2v) is 8.08. The van der Waals surface area contributed by atoms with E-state index in [4.69, 9.17) is 4.74 Å². The first-order valence-corrected chi connectivity index (χ1v) is 11.1. The van der Waals surface area contributed by atoms with Crippen LogP contribution in [-0.4, -0.2) is 38.8 Å². The summed E-state index contributed by atoms with van der Waals surface area (Å²) in [6.45, 7) is 2.01. The highest BCUT2D eigenvalue weighted by Crippen LogP contribution is 2.28. The molecule has 0 bridgehead atoms. The molecule has 3 heterocycles. The Kier molecular flexibility index (Phi) is 6.10. The molecule has 0 aliphatic carbocycles. The SMILES string of the molecule is CCOC(=O)c1ccccc1NC(=O)CSc1nccn2nc(-c3cccs3)cc12. The molecule has 0 aliphatic rings. The molecular formula is C21H18N4O3S2. The monoisotopic (exact) mass is 438 g/mol. The van der Waals surface area contributed by atoms with E-state index >= 15 is 0 Å². The van der Waals surface area contributed by atoms with Gasteiger partial charge in [-0.25, -0.2) is 14.3 Å². The molecule has 7 nitrogen and oxygen atoms in total. The number of benzene rings is 1.